The third-order valence-corrected chi connectivity index (χ3v) is 3.79. The first-order valence-corrected chi connectivity index (χ1v) is 8.08. The van der Waals surface area contributed by atoms with E-state index in [0.29, 0.717) is 22.1 Å². The van der Waals surface area contributed by atoms with Gasteiger partial charge in [0.25, 0.3) is 5.91 Å². The Morgan fingerprint density at radius 2 is 1.85 bits per heavy atom. The average molecular weight is 371 g/mol. The van der Waals surface area contributed by atoms with Crippen LogP contribution < -0.4 is 5.32 Å². The van der Waals surface area contributed by atoms with E-state index in [4.69, 9.17) is 16.3 Å². The van der Waals surface area contributed by atoms with Crippen LogP contribution in [0.4, 0.5) is 5.82 Å². The summed E-state index contributed by atoms with van der Waals surface area (Å²) in [5.74, 6) is -0.563. The number of pyridine rings is 1. The van der Waals surface area contributed by atoms with Crippen LogP contribution in [-0.2, 0) is 16.6 Å². The molecule has 132 valence electrons. The van der Waals surface area contributed by atoms with Gasteiger partial charge in [0.1, 0.15) is 5.82 Å². The van der Waals surface area contributed by atoms with Gasteiger partial charge in [0.2, 0.25) is 0 Å². The minimum absolute atomic E-state index is 0.332. The van der Waals surface area contributed by atoms with Crippen LogP contribution in [0, 0.1) is 0 Å². The molecule has 2 aromatic heterocycles. The number of nitrogens with one attached hydrogen (secondary N) is 1. The van der Waals surface area contributed by atoms with Crippen LogP contribution in [0.5, 0.6) is 0 Å². The summed E-state index contributed by atoms with van der Waals surface area (Å²) in [7, 11) is 1.71. The second-order valence-electron chi connectivity index (χ2n) is 5.41. The number of carbonyl (C=O) groups is 2. The molecule has 1 amide bonds. The number of hydrogen-bond donors (Lipinski definition) is 1. The lowest BCUT2D eigenvalue weighted by molar-refractivity contribution is -0.119. The van der Waals surface area contributed by atoms with E-state index in [2.05, 4.69) is 15.4 Å². The summed E-state index contributed by atoms with van der Waals surface area (Å²) >= 11 is 5.88. The van der Waals surface area contributed by atoms with Gasteiger partial charge in [0.15, 0.2) is 6.61 Å². The smallest absolute Gasteiger partial charge is 0.338 e. The molecule has 3 aromatic rings. The lowest BCUT2D eigenvalue weighted by Gasteiger charge is -2.06. The summed E-state index contributed by atoms with van der Waals surface area (Å²) < 4.78 is 6.52. The lowest BCUT2D eigenvalue weighted by Crippen LogP contribution is -2.22. The van der Waals surface area contributed by atoms with Crippen molar-refractivity contribution in [2.24, 2.45) is 7.05 Å². The molecule has 26 heavy (non-hydrogen) atoms. The molecule has 3 rings (SSSR count). The molecule has 0 saturated heterocycles. The highest BCUT2D eigenvalue weighted by molar-refractivity contribution is 6.30. The normalized spacial score (nSPS) is 10.4. The first kappa shape index (κ1) is 17.6. The fraction of sp³-hybridized carbons (Fsp3) is 0.111. The number of aryl methyl sites for hydroxylation is 1. The molecule has 0 unspecified atom stereocenters. The Bertz CT molecular complexity index is 923. The molecule has 2 heterocycles. The molecule has 0 fully saturated rings. The standard InChI is InChI=1S/C18H15ClN4O3/c1-23-16(10-15(22-23)12-2-4-14(19)5-3-12)21-17(24)11-26-18(25)13-6-8-20-9-7-13/h2-10H,11H2,1H3,(H,21,24). The maximum atomic E-state index is 12.0. The van der Waals surface area contributed by atoms with Crippen LogP contribution in [0.2, 0.25) is 5.02 Å². The van der Waals surface area contributed by atoms with Crippen molar-refractivity contribution in [1.82, 2.24) is 14.8 Å². The van der Waals surface area contributed by atoms with E-state index in [9.17, 15) is 9.59 Å². The second-order valence-corrected chi connectivity index (χ2v) is 5.84. The predicted molar refractivity (Wildman–Crippen MR) is 96.8 cm³/mol. The third-order valence-electron chi connectivity index (χ3n) is 3.54. The van der Waals surface area contributed by atoms with Crippen molar-refractivity contribution < 1.29 is 14.3 Å². The van der Waals surface area contributed by atoms with Crippen molar-refractivity contribution in [3.05, 3.63) is 65.4 Å². The summed E-state index contributed by atoms with van der Waals surface area (Å²) in [5, 5.41) is 7.65. The molecule has 1 aromatic carbocycles. The van der Waals surface area contributed by atoms with E-state index < -0.39 is 18.5 Å². The summed E-state index contributed by atoms with van der Waals surface area (Å²) in [5.41, 5.74) is 1.89. The Hall–Kier alpha value is -3.19. The predicted octanol–water partition coefficient (Wildman–Crippen LogP) is 2.93. The minimum atomic E-state index is -0.589. The lowest BCUT2D eigenvalue weighted by atomic mass is 10.1. The maximum Gasteiger partial charge on any atom is 0.338 e. The average Bonchev–Trinajstić information content (AvgIpc) is 3.01. The van der Waals surface area contributed by atoms with Gasteiger partial charge < -0.3 is 10.1 Å². The number of halogens is 1. The molecule has 0 saturated carbocycles. The molecule has 0 atom stereocenters. The van der Waals surface area contributed by atoms with Gasteiger partial charge in [-0.2, -0.15) is 5.10 Å². The van der Waals surface area contributed by atoms with Gasteiger partial charge in [-0.25, -0.2) is 4.79 Å². The number of hydrogen-bond acceptors (Lipinski definition) is 5. The van der Waals surface area contributed by atoms with Crippen LogP contribution in [0.1, 0.15) is 10.4 Å². The number of benzene rings is 1. The molecule has 0 bridgehead atoms. The summed E-state index contributed by atoms with van der Waals surface area (Å²) in [6.45, 7) is -0.400. The highest BCUT2D eigenvalue weighted by Crippen LogP contribution is 2.23. The highest BCUT2D eigenvalue weighted by atomic mass is 35.5. The quantitative estimate of drug-likeness (QED) is 0.698. The van der Waals surface area contributed by atoms with E-state index in [-0.39, 0.29) is 0 Å². The van der Waals surface area contributed by atoms with Crippen molar-refractivity contribution in [1.29, 1.82) is 0 Å². The molecule has 0 radical (unpaired) electrons. The van der Waals surface area contributed by atoms with Crippen LogP contribution in [-0.4, -0.2) is 33.2 Å². The highest BCUT2D eigenvalue weighted by Gasteiger charge is 2.13. The van der Waals surface area contributed by atoms with Gasteiger partial charge in [-0.3, -0.25) is 14.5 Å². The minimum Gasteiger partial charge on any atom is -0.452 e. The van der Waals surface area contributed by atoms with Crippen LogP contribution >= 0.6 is 11.6 Å². The van der Waals surface area contributed by atoms with Crippen molar-refractivity contribution >= 4 is 29.3 Å². The molecule has 0 aliphatic rings. The van der Waals surface area contributed by atoms with Crippen molar-refractivity contribution in [2.45, 2.75) is 0 Å². The molecule has 0 aliphatic carbocycles. The molecule has 8 heteroatoms. The monoisotopic (exact) mass is 370 g/mol. The van der Waals surface area contributed by atoms with Gasteiger partial charge in [0, 0.05) is 36.1 Å². The SMILES string of the molecule is Cn1nc(-c2ccc(Cl)cc2)cc1NC(=O)COC(=O)c1ccncc1. The molecule has 0 spiro atoms. The van der Waals surface area contributed by atoms with E-state index in [1.807, 2.05) is 12.1 Å². The van der Waals surface area contributed by atoms with Gasteiger partial charge >= 0.3 is 5.97 Å². The summed E-state index contributed by atoms with van der Waals surface area (Å²) in [6.07, 6.45) is 2.95. The number of aromatic nitrogens is 3. The van der Waals surface area contributed by atoms with E-state index in [1.165, 1.54) is 29.2 Å². The van der Waals surface area contributed by atoms with Crippen molar-refractivity contribution in [3.8, 4) is 11.3 Å². The first-order chi connectivity index (χ1) is 12.5. The van der Waals surface area contributed by atoms with Crippen molar-refractivity contribution in [3.63, 3.8) is 0 Å². The number of esters is 1. The zero-order valence-corrected chi connectivity index (χ0v) is 14.6. The largest absolute Gasteiger partial charge is 0.452 e. The van der Waals surface area contributed by atoms with E-state index in [1.54, 1.807) is 25.2 Å². The Morgan fingerprint density at radius 3 is 2.54 bits per heavy atom. The van der Waals surface area contributed by atoms with Crippen molar-refractivity contribution in [2.75, 3.05) is 11.9 Å². The molecular weight excluding hydrogens is 356 g/mol. The first-order valence-electron chi connectivity index (χ1n) is 7.70. The second kappa shape index (κ2) is 7.79. The Labute approximate surface area is 154 Å². The van der Waals surface area contributed by atoms with E-state index >= 15 is 0 Å². The van der Waals surface area contributed by atoms with Gasteiger partial charge in [0.05, 0.1) is 11.3 Å². The number of anilines is 1. The molecular formula is C18H15ClN4O3. The molecule has 0 aliphatic heterocycles. The molecule has 7 nitrogen and oxygen atoms in total. The number of nitrogens with zero attached hydrogens (tertiary/aromatic N) is 3. The maximum absolute atomic E-state index is 12.0. The van der Waals surface area contributed by atoms with Gasteiger partial charge in [-0.1, -0.05) is 23.7 Å². The van der Waals surface area contributed by atoms with Gasteiger partial charge in [-0.05, 0) is 24.3 Å². The van der Waals surface area contributed by atoms with Crippen LogP contribution in [0.25, 0.3) is 11.3 Å². The Kier molecular flexibility index (Phi) is 5.28. The summed E-state index contributed by atoms with van der Waals surface area (Å²) in [4.78, 5) is 27.7. The van der Waals surface area contributed by atoms with Gasteiger partial charge in [-0.15, -0.1) is 0 Å². The zero-order valence-electron chi connectivity index (χ0n) is 13.8. The van der Waals surface area contributed by atoms with E-state index in [0.717, 1.165) is 5.56 Å². The Morgan fingerprint density at radius 1 is 1.15 bits per heavy atom. The molecule has 1 N–H and O–H groups in total. The number of amides is 1. The zero-order chi connectivity index (χ0) is 18.5. The number of ether oxygens (including phenoxy) is 1. The number of carbonyl (C=O) groups excluding carboxylic acids is 2. The topological polar surface area (TPSA) is 86.1 Å². The fourth-order valence-corrected chi connectivity index (χ4v) is 2.35. The third kappa shape index (κ3) is 4.25. The van der Waals surface area contributed by atoms with Crippen LogP contribution in [0.3, 0.4) is 0 Å². The van der Waals surface area contributed by atoms with Crippen LogP contribution in [0.15, 0.2) is 54.9 Å². The Balaban J connectivity index is 1.61. The fourth-order valence-electron chi connectivity index (χ4n) is 2.23. The summed E-state index contributed by atoms with van der Waals surface area (Å²) in [6, 6.07) is 12.0. The number of rotatable bonds is 5.